The molecule has 36 heavy (non-hydrogen) atoms. The van der Waals surface area contributed by atoms with Gasteiger partial charge in [-0.1, -0.05) is 0 Å². The third-order valence-corrected chi connectivity index (χ3v) is 7.85. The average molecular weight is 526 g/mol. The van der Waals surface area contributed by atoms with E-state index in [1.54, 1.807) is 21.9 Å². The van der Waals surface area contributed by atoms with Gasteiger partial charge in [0, 0.05) is 56.9 Å². The van der Waals surface area contributed by atoms with Crippen molar-refractivity contribution < 1.29 is 31.1 Å². The highest BCUT2D eigenvalue weighted by Gasteiger charge is 2.35. The third kappa shape index (κ3) is 5.55. The molecule has 2 fully saturated rings. The number of alkyl halides is 3. The summed E-state index contributed by atoms with van der Waals surface area (Å²) in [4.78, 5) is 19.2. The highest BCUT2D eigenvalue weighted by atomic mass is 32.2. The van der Waals surface area contributed by atoms with Crippen LogP contribution in [0.5, 0.6) is 5.75 Å². The number of ether oxygens (including phenoxy) is 1. The number of carbonyl (C=O) groups is 1. The zero-order valence-electron chi connectivity index (χ0n) is 20.3. The van der Waals surface area contributed by atoms with Crippen molar-refractivity contribution in [2.24, 2.45) is 0 Å². The lowest BCUT2D eigenvalue weighted by molar-refractivity contribution is -0.138. The largest absolute Gasteiger partial charge is 0.496 e. The predicted octanol–water partition coefficient (Wildman–Crippen LogP) is 4.07. The average Bonchev–Trinajstić information content (AvgIpc) is 2.87. The van der Waals surface area contributed by atoms with Gasteiger partial charge in [-0.15, -0.1) is 0 Å². The van der Waals surface area contributed by atoms with Crippen molar-refractivity contribution in [3.8, 4) is 5.75 Å². The summed E-state index contributed by atoms with van der Waals surface area (Å²) < 4.78 is 69.6. The van der Waals surface area contributed by atoms with E-state index in [0.717, 1.165) is 50.4 Å². The maximum atomic E-state index is 13.6. The molecule has 2 aromatic rings. The SMILES string of the molecule is COc1ccc(N2CCN(C(=O)c3cc(S(C)(=O)=O)ccc3N3CCCCC3)CC2)cc1C(F)(F)F. The topological polar surface area (TPSA) is 70.2 Å². The van der Waals surface area contributed by atoms with E-state index in [4.69, 9.17) is 4.74 Å². The highest BCUT2D eigenvalue weighted by Crippen LogP contribution is 2.38. The van der Waals surface area contributed by atoms with E-state index in [1.807, 2.05) is 0 Å². The van der Waals surface area contributed by atoms with Gasteiger partial charge in [0.25, 0.3) is 5.91 Å². The van der Waals surface area contributed by atoms with Crippen LogP contribution in [0, 0.1) is 0 Å². The summed E-state index contributed by atoms with van der Waals surface area (Å²) in [5.74, 6) is -0.512. The molecule has 11 heteroatoms. The zero-order valence-corrected chi connectivity index (χ0v) is 21.2. The van der Waals surface area contributed by atoms with Gasteiger partial charge >= 0.3 is 6.18 Å². The van der Waals surface area contributed by atoms with E-state index in [2.05, 4.69) is 4.90 Å². The van der Waals surface area contributed by atoms with E-state index in [-0.39, 0.29) is 16.6 Å². The molecule has 0 aromatic heterocycles. The first-order valence-corrected chi connectivity index (χ1v) is 13.8. The fourth-order valence-corrected chi connectivity index (χ4v) is 5.43. The van der Waals surface area contributed by atoms with Gasteiger partial charge in [-0.05, 0) is 55.7 Å². The zero-order chi connectivity index (χ0) is 26.1. The molecular weight excluding hydrogens is 495 g/mol. The Morgan fingerprint density at radius 3 is 2.14 bits per heavy atom. The number of piperazine rings is 1. The van der Waals surface area contributed by atoms with E-state index in [1.165, 1.54) is 25.3 Å². The number of amides is 1. The van der Waals surface area contributed by atoms with Gasteiger partial charge in [0.1, 0.15) is 5.75 Å². The van der Waals surface area contributed by atoms with Crippen molar-refractivity contribution in [1.82, 2.24) is 4.90 Å². The molecule has 0 spiro atoms. The molecule has 0 aliphatic carbocycles. The molecule has 0 bridgehead atoms. The molecule has 0 unspecified atom stereocenters. The second kappa shape index (κ2) is 10.2. The van der Waals surface area contributed by atoms with Crippen LogP contribution >= 0.6 is 0 Å². The first-order chi connectivity index (χ1) is 17.0. The lowest BCUT2D eigenvalue weighted by Crippen LogP contribution is -2.49. The molecule has 0 saturated carbocycles. The van der Waals surface area contributed by atoms with Gasteiger partial charge in [-0.3, -0.25) is 4.79 Å². The van der Waals surface area contributed by atoms with E-state index in [9.17, 15) is 26.4 Å². The van der Waals surface area contributed by atoms with Gasteiger partial charge in [-0.2, -0.15) is 13.2 Å². The van der Waals surface area contributed by atoms with Crippen molar-refractivity contribution >= 4 is 27.1 Å². The number of benzene rings is 2. The van der Waals surface area contributed by atoms with Gasteiger partial charge in [0.15, 0.2) is 9.84 Å². The number of methoxy groups -OCH3 is 1. The molecule has 7 nitrogen and oxygen atoms in total. The second-order valence-electron chi connectivity index (χ2n) is 9.16. The van der Waals surface area contributed by atoms with Crippen LogP contribution in [0.4, 0.5) is 24.5 Å². The molecule has 1 amide bonds. The maximum absolute atomic E-state index is 13.6. The fourth-order valence-electron chi connectivity index (χ4n) is 4.78. The van der Waals surface area contributed by atoms with E-state index < -0.39 is 21.6 Å². The number of rotatable bonds is 5. The van der Waals surface area contributed by atoms with E-state index in [0.29, 0.717) is 37.4 Å². The van der Waals surface area contributed by atoms with Crippen LogP contribution in [0.25, 0.3) is 0 Å². The van der Waals surface area contributed by atoms with Gasteiger partial charge in [0.2, 0.25) is 0 Å². The molecule has 2 aliphatic rings. The number of hydrogen-bond donors (Lipinski definition) is 0. The number of nitrogens with zero attached hydrogens (tertiary/aromatic N) is 3. The minimum Gasteiger partial charge on any atom is -0.496 e. The number of halogens is 3. The smallest absolute Gasteiger partial charge is 0.420 e. The minimum atomic E-state index is -4.55. The Labute approximate surface area is 209 Å². The van der Waals surface area contributed by atoms with Gasteiger partial charge < -0.3 is 19.4 Å². The van der Waals surface area contributed by atoms with Crippen LogP contribution in [0.15, 0.2) is 41.3 Å². The Bertz CT molecular complexity index is 1220. The summed E-state index contributed by atoms with van der Waals surface area (Å²) in [6.45, 7) is 2.89. The number of sulfone groups is 1. The summed E-state index contributed by atoms with van der Waals surface area (Å²) in [7, 11) is -2.30. The molecule has 0 radical (unpaired) electrons. The monoisotopic (exact) mass is 525 g/mol. The molecule has 2 saturated heterocycles. The van der Waals surface area contributed by atoms with Crippen molar-refractivity contribution in [2.75, 3.05) is 62.4 Å². The molecule has 0 atom stereocenters. The van der Waals surface area contributed by atoms with Crippen molar-refractivity contribution in [2.45, 2.75) is 30.3 Å². The Balaban J connectivity index is 1.55. The molecule has 4 rings (SSSR count). The van der Waals surface area contributed by atoms with Crippen LogP contribution < -0.4 is 14.5 Å². The maximum Gasteiger partial charge on any atom is 0.420 e. The van der Waals surface area contributed by atoms with Crippen LogP contribution in [0.2, 0.25) is 0 Å². The highest BCUT2D eigenvalue weighted by molar-refractivity contribution is 7.90. The first kappa shape index (κ1) is 26.1. The third-order valence-electron chi connectivity index (χ3n) is 6.74. The van der Waals surface area contributed by atoms with Gasteiger partial charge in [-0.25, -0.2) is 8.42 Å². The quantitative estimate of drug-likeness (QED) is 0.586. The number of carbonyl (C=O) groups excluding carboxylic acids is 1. The number of hydrogen-bond acceptors (Lipinski definition) is 6. The fraction of sp³-hybridized carbons (Fsp3) is 0.480. The minimum absolute atomic E-state index is 0.0863. The number of piperidine rings is 1. The van der Waals surface area contributed by atoms with Crippen LogP contribution in [-0.2, 0) is 16.0 Å². The molecule has 2 aromatic carbocycles. The Morgan fingerprint density at radius 1 is 0.889 bits per heavy atom. The molecule has 2 aliphatic heterocycles. The van der Waals surface area contributed by atoms with Crippen molar-refractivity contribution in [3.05, 3.63) is 47.5 Å². The summed E-state index contributed by atoms with van der Waals surface area (Å²) in [6, 6.07) is 8.65. The first-order valence-electron chi connectivity index (χ1n) is 11.9. The normalized spacial score (nSPS) is 17.3. The molecule has 0 N–H and O–H groups in total. The lowest BCUT2D eigenvalue weighted by Gasteiger charge is -2.37. The molecule has 2 heterocycles. The Kier molecular flexibility index (Phi) is 7.40. The van der Waals surface area contributed by atoms with Crippen molar-refractivity contribution in [3.63, 3.8) is 0 Å². The predicted molar refractivity (Wildman–Crippen MR) is 132 cm³/mol. The summed E-state index contributed by atoms with van der Waals surface area (Å²) in [5, 5.41) is 0. The van der Waals surface area contributed by atoms with Crippen LogP contribution in [0.3, 0.4) is 0 Å². The number of anilines is 2. The summed E-state index contributed by atoms with van der Waals surface area (Å²) >= 11 is 0. The van der Waals surface area contributed by atoms with E-state index >= 15 is 0 Å². The van der Waals surface area contributed by atoms with Crippen molar-refractivity contribution in [1.29, 1.82) is 0 Å². The Morgan fingerprint density at radius 2 is 1.56 bits per heavy atom. The van der Waals surface area contributed by atoms with Crippen LogP contribution in [-0.4, -0.2) is 71.9 Å². The molecular formula is C25H30F3N3O4S. The summed E-state index contributed by atoms with van der Waals surface area (Å²) in [5.41, 5.74) is 0.629. The second-order valence-corrected chi connectivity index (χ2v) is 11.2. The van der Waals surface area contributed by atoms with Gasteiger partial charge in [0.05, 0.1) is 23.1 Å². The lowest BCUT2D eigenvalue weighted by atomic mass is 10.1. The Hall–Kier alpha value is -2.95. The standard InChI is InChI=1S/C25H30F3N3O4S/c1-35-23-9-6-18(16-21(23)25(26,27)28)29-12-14-31(15-13-29)24(32)20-17-19(36(2,33)34)7-8-22(20)30-10-4-3-5-11-30/h6-9,16-17H,3-5,10-15H2,1-2H3. The molecule has 196 valence electrons. The van der Waals surface area contributed by atoms with Crippen LogP contribution in [0.1, 0.15) is 35.2 Å². The summed E-state index contributed by atoms with van der Waals surface area (Å²) in [6.07, 6.45) is -0.316.